The minimum absolute atomic E-state index is 0.292. The normalized spacial score (nSPS) is 18.2. The Morgan fingerprint density at radius 1 is 1.29 bits per heavy atom. The molecule has 2 N–H and O–H groups in total. The van der Waals surface area contributed by atoms with Gasteiger partial charge in [-0.05, 0) is 29.7 Å². The van der Waals surface area contributed by atoms with E-state index in [1.165, 1.54) is 11.1 Å². The van der Waals surface area contributed by atoms with Crippen LogP contribution in [0, 0.1) is 0 Å². The maximum absolute atomic E-state index is 12.4. The van der Waals surface area contributed by atoms with Crippen LogP contribution in [0.1, 0.15) is 17.0 Å². The smallest absolute Gasteiger partial charge is 0.287 e. The molecule has 1 aliphatic carbocycles. The van der Waals surface area contributed by atoms with Gasteiger partial charge in [0.1, 0.15) is 16.3 Å². The average Bonchev–Trinajstić information content (AvgIpc) is 2.87. The van der Waals surface area contributed by atoms with Crippen molar-refractivity contribution in [1.82, 2.24) is 4.98 Å². The first-order chi connectivity index (χ1) is 10.2. The van der Waals surface area contributed by atoms with Crippen LogP contribution in [0.4, 0.5) is 5.69 Å². The highest BCUT2D eigenvalue weighted by Gasteiger charge is 2.28. The number of nitrogens with zero attached hydrogens (tertiary/aromatic N) is 1. The third-order valence-corrected chi connectivity index (χ3v) is 5.17. The summed E-state index contributed by atoms with van der Waals surface area (Å²) in [6, 6.07) is 13.5. The van der Waals surface area contributed by atoms with Gasteiger partial charge in [0.15, 0.2) is 5.58 Å². The third kappa shape index (κ3) is 2.14. The predicted octanol–water partition coefficient (Wildman–Crippen LogP) is 2.86. The summed E-state index contributed by atoms with van der Waals surface area (Å²) in [5.41, 5.74) is 10.3. The van der Waals surface area contributed by atoms with Crippen molar-refractivity contribution in [2.75, 3.05) is 11.5 Å². The first-order valence-corrected chi connectivity index (χ1v) is 8.15. The van der Waals surface area contributed by atoms with E-state index in [0.29, 0.717) is 33.7 Å². The Bertz CT molecular complexity index is 856. The second-order valence-electron chi connectivity index (χ2n) is 5.32. The van der Waals surface area contributed by atoms with Crippen molar-refractivity contribution in [3.8, 4) is 0 Å². The van der Waals surface area contributed by atoms with Crippen LogP contribution in [0.25, 0.3) is 11.1 Å². The molecular weight excluding hydrogens is 284 g/mol. The van der Waals surface area contributed by atoms with Crippen molar-refractivity contribution >= 4 is 27.6 Å². The van der Waals surface area contributed by atoms with Crippen molar-refractivity contribution < 1.29 is 8.63 Å². The number of aromatic nitrogens is 1. The van der Waals surface area contributed by atoms with Crippen LogP contribution in [-0.4, -0.2) is 14.9 Å². The quantitative estimate of drug-likeness (QED) is 0.755. The van der Waals surface area contributed by atoms with E-state index < -0.39 is 10.8 Å². The van der Waals surface area contributed by atoms with E-state index >= 15 is 0 Å². The van der Waals surface area contributed by atoms with Gasteiger partial charge in [-0.15, -0.1) is 0 Å². The Morgan fingerprint density at radius 3 is 3.00 bits per heavy atom. The molecule has 106 valence electrons. The zero-order valence-corrected chi connectivity index (χ0v) is 12.1. The zero-order chi connectivity index (χ0) is 14.4. The van der Waals surface area contributed by atoms with Crippen LogP contribution < -0.4 is 5.73 Å². The number of oxazole rings is 1. The second-order valence-corrected chi connectivity index (χ2v) is 6.69. The molecule has 0 amide bonds. The van der Waals surface area contributed by atoms with E-state index in [1.54, 1.807) is 18.2 Å². The van der Waals surface area contributed by atoms with E-state index in [0.717, 1.165) is 6.42 Å². The average molecular weight is 298 g/mol. The predicted molar refractivity (Wildman–Crippen MR) is 82.6 cm³/mol. The molecule has 0 aliphatic heterocycles. The summed E-state index contributed by atoms with van der Waals surface area (Å²) in [4.78, 5) is 4.30. The summed E-state index contributed by atoms with van der Waals surface area (Å²) < 4.78 is 18.0. The maximum Gasteiger partial charge on any atom is 0.287 e. The summed E-state index contributed by atoms with van der Waals surface area (Å²) in [5, 5.41) is 0.292. The molecule has 1 aromatic heterocycles. The van der Waals surface area contributed by atoms with Gasteiger partial charge in [-0.3, -0.25) is 0 Å². The van der Waals surface area contributed by atoms with Gasteiger partial charge in [-0.1, -0.05) is 24.3 Å². The number of nitrogen functional groups attached to an aromatic ring is 1. The molecule has 3 aromatic rings. The van der Waals surface area contributed by atoms with Gasteiger partial charge in [0.2, 0.25) is 0 Å². The molecule has 0 radical (unpaired) electrons. The Kier molecular flexibility index (Phi) is 2.82. The maximum atomic E-state index is 12.4. The van der Waals surface area contributed by atoms with Gasteiger partial charge >= 0.3 is 0 Å². The summed E-state index contributed by atoms with van der Waals surface area (Å²) in [6.45, 7) is 0. The molecule has 2 atom stereocenters. The molecule has 0 saturated carbocycles. The number of nitrogens with two attached hydrogens (primary N) is 1. The largest absolute Gasteiger partial charge is 0.430 e. The van der Waals surface area contributed by atoms with E-state index in [9.17, 15) is 4.21 Å². The zero-order valence-electron chi connectivity index (χ0n) is 11.3. The van der Waals surface area contributed by atoms with Crippen molar-refractivity contribution in [1.29, 1.82) is 0 Å². The highest BCUT2D eigenvalue weighted by molar-refractivity contribution is 7.84. The van der Waals surface area contributed by atoms with Gasteiger partial charge < -0.3 is 10.2 Å². The Morgan fingerprint density at radius 2 is 2.14 bits per heavy atom. The second kappa shape index (κ2) is 4.70. The Labute approximate surface area is 124 Å². The number of benzene rings is 2. The van der Waals surface area contributed by atoms with Gasteiger partial charge in [-0.2, -0.15) is 0 Å². The van der Waals surface area contributed by atoms with Crippen LogP contribution in [0.2, 0.25) is 0 Å². The fourth-order valence-electron chi connectivity index (χ4n) is 2.78. The molecule has 2 aromatic carbocycles. The lowest BCUT2D eigenvalue weighted by Crippen LogP contribution is -2.22. The molecule has 1 aliphatic rings. The monoisotopic (exact) mass is 298 g/mol. The number of rotatable bonds is 3. The number of fused-ring (bicyclic) bond motifs is 2. The van der Waals surface area contributed by atoms with Crippen LogP contribution in [0.3, 0.4) is 0 Å². The molecule has 1 heterocycles. The van der Waals surface area contributed by atoms with Crippen molar-refractivity contribution in [2.45, 2.75) is 17.6 Å². The van der Waals surface area contributed by atoms with Gasteiger partial charge in [0, 0.05) is 23.4 Å². The lowest BCUT2D eigenvalue weighted by Gasteiger charge is -2.29. The Balaban J connectivity index is 1.57. The summed E-state index contributed by atoms with van der Waals surface area (Å²) in [6.07, 6.45) is 0.981. The summed E-state index contributed by atoms with van der Waals surface area (Å²) in [7, 11) is -1.23. The first kappa shape index (κ1) is 12.6. The number of anilines is 1. The fourth-order valence-corrected chi connectivity index (χ4v) is 3.97. The molecule has 0 bridgehead atoms. The van der Waals surface area contributed by atoms with Crippen molar-refractivity contribution in [2.24, 2.45) is 0 Å². The standard InChI is InChI=1S/C16H14N2O2S/c17-12-5-6-14-15(8-12)20-16(18-14)21(19)9-11-7-10-3-1-2-4-13(10)11/h1-6,8,11H,7,9,17H2. The minimum Gasteiger partial charge on any atom is -0.430 e. The van der Waals surface area contributed by atoms with Gasteiger partial charge in [0.25, 0.3) is 5.22 Å². The Hall–Kier alpha value is -2.14. The molecule has 0 saturated heterocycles. The molecule has 0 spiro atoms. The lowest BCUT2D eigenvalue weighted by atomic mass is 9.79. The topological polar surface area (TPSA) is 69.1 Å². The van der Waals surface area contributed by atoms with E-state index in [-0.39, 0.29) is 0 Å². The third-order valence-electron chi connectivity index (χ3n) is 3.90. The lowest BCUT2D eigenvalue weighted by molar-refractivity contribution is 0.476. The molecule has 21 heavy (non-hydrogen) atoms. The molecular formula is C16H14N2O2S. The van der Waals surface area contributed by atoms with E-state index in [4.69, 9.17) is 10.2 Å². The van der Waals surface area contributed by atoms with E-state index in [2.05, 4.69) is 17.1 Å². The minimum atomic E-state index is -1.23. The summed E-state index contributed by atoms with van der Waals surface area (Å²) in [5.74, 6) is 0.890. The molecule has 0 fully saturated rings. The summed E-state index contributed by atoms with van der Waals surface area (Å²) >= 11 is 0. The first-order valence-electron chi connectivity index (χ1n) is 6.83. The number of hydrogen-bond acceptors (Lipinski definition) is 4. The van der Waals surface area contributed by atoms with Crippen LogP contribution >= 0.6 is 0 Å². The van der Waals surface area contributed by atoms with Crippen molar-refractivity contribution in [3.63, 3.8) is 0 Å². The van der Waals surface area contributed by atoms with E-state index in [1.807, 2.05) is 12.1 Å². The number of hydrogen-bond donors (Lipinski definition) is 1. The molecule has 4 rings (SSSR count). The molecule has 2 unspecified atom stereocenters. The van der Waals surface area contributed by atoms with Gasteiger partial charge in [-0.25, -0.2) is 9.19 Å². The molecule has 4 nitrogen and oxygen atoms in total. The molecule has 5 heteroatoms. The van der Waals surface area contributed by atoms with Crippen LogP contribution in [-0.2, 0) is 17.2 Å². The van der Waals surface area contributed by atoms with Gasteiger partial charge in [0.05, 0.1) is 0 Å². The van der Waals surface area contributed by atoms with Crippen molar-refractivity contribution in [3.05, 3.63) is 53.6 Å². The van der Waals surface area contributed by atoms with Crippen LogP contribution in [0.5, 0.6) is 0 Å². The van der Waals surface area contributed by atoms with Crippen LogP contribution in [0.15, 0.2) is 52.1 Å². The highest BCUT2D eigenvalue weighted by atomic mass is 32.2. The SMILES string of the molecule is Nc1ccc2nc(S(=O)CC3Cc4ccccc43)oc2c1. The fraction of sp³-hybridized carbons (Fsp3) is 0.188. The highest BCUT2D eigenvalue weighted by Crippen LogP contribution is 2.36.